The molecule has 2 N–H and O–H groups in total. The number of aromatic nitrogens is 2. The summed E-state index contributed by atoms with van der Waals surface area (Å²) in [6, 6.07) is 0. The summed E-state index contributed by atoms with van der Waals surface area (Å²) in [6.45, 7) is 7.99. The number of hydrogen-bond donors (Lipinski definition) is 1. The van der Waals surface area contributed by atoms with Gasteiger partial charge in [-0.1, -0.05) is 20.8 Å². The summed E-state index contributed by atoms with van der Waals surface area (Å²) in [5.41, 5.74) is 5.59. The van der Waals surface area contributed by atoms with Crippen LogP contribution in [0.3, 0.4) is 0 Å². The van der Waals surface area contributed by atoms with Gasteiger partial charge in [-0.3, -0.25) is 0 Å². The van der Waals surface area contributed by atoms with Gasteiger partial charge in [0.25, 0.3) is 0 Å². The van der Waals surface area contributed by atoms with Crippen molar-refractivity contribution in [3.8, 4) is 0 Å². The molecule has 0 aromatic carbocycles. The highest BCUT2D eigenvalue weighted by Crippen LogP contribution is 2.19. The lowest BCUT2D eigenvalue weighted by Gasteiger charge is -2.19. The first kappa shape index (κ1) is 9.26. The van der Waals surface area contributed by atoms with Gasteiger partial charge in [0.2, 0.25) is 0 Å². The number of nitrogens with zero attached hydrogens (tertiary/aromatic N) is 2. The topological polar surface area (TPSA) is 43.8 Å². The maximum atomic E-state index is 5.48. The average Bonchev–Trinajstić information content (AvgIpc) is 2.34. The minimum atomic E-state index is 0.110. The van der Waals surface area contributed by atoms with Crippen molar-refractivity contribution in [3.63, 3.8) is 0 Å². The summed E-state index contributed by atoms with van der Waals surface area (Å²) in [5, 5.41) is 0. The van der Waals surface area contributed by atoms with Gasteiger partial charge in [-0.2, -0.15) is 0 Å². The summed E-state index contributed by atoms with van der Waals surface area (Å²) in [7, 11) is 0. The molecule has 1 rings (SSSR count). The molecule has 0 radical (unpaired) electrons. The van der Waals surface area contributed by atoms with Crippen molar-refractivity contribution in [2.75, 3.05) is 6.54 Å². The van der Waals surface area contributed by atoms with E-state index in [1.807, 2.05) is 12.4 Å². The highest BCUT2D eigenvalue weighted by molar-refractivity contribution is 5.04. The molecule has 0 atom stereocenters. The predicted octanol–water partition coefficient (Wildman–Crippen LogP) is 1.14. The molecule has 1 aromatic heterocycles. The van der Waals surface area contributed by atoms with E-state index in [4.69, 9.17) is 5.73 Å². The Labute approximate surface area is 73.6 Å². The zero-order valence-electron chi connectivity index (χ0n) is 8.04. The smallest absolute Gasteiger partial charge is 0.114 e. The normalized spacial score (nSPS) is 12.0. The van der Waals surface area contributed by atoms with Gasteiger partial charge in [0.05, 0.1) is 0 Å². The lowest BCUT2D eigenvalue weighted by Crippen LogP contribution is -2.21. The molecule has 0 bridgehead atoms. The SMILES string of the molecule is CC(C)(C)c1nccn1CCN. The van der Waals surface area contributed by atoms with Gasteiger partial charge in [-0.15, -0.1) is 0 Å². The largest absolute Gasteiger partial charge is 0.333 e. The Morgan fingerprint density at radius 2 is 2.17 bits per heavy atom. The van der Waals surface area contributed by atoms with E-state index in [2.05, 4.69) is 30.3 Å². The Kier molecular flexibility index (Phi) is 2.52. The van der Waals surface area contributed by atoms with Crippen LogP contribution in [0.4, 0.5) is 0 Å². The fourth-order valence-corrected chi connectivity index (χ4v) is 1.27. The van der Waals surface area contributed by atoms with Crippen LogP contribution in [0.1, 0.15) is 26.6 Å². The molecule has 0 spiro atoms. The Bertz CT molecular complexity index is 245. The molecule has 12 heavy (non-hydrogen) atoms. The van der Waals surface area contributed by atoms with Crippen LogP contribution >= 0.6 is 0 Å². The van der Waals surface area contributed by atoms with Crippen molar-refractivity contribution in [3.05, 3.63) is 18.2 Å². The number of hydrogen-bond acceptors (Lipinski definition) is 2. The van der Waals surface area contributed by atoms with Crippen molar-refractivity contribution >= 4 is 0 Å². The van der Waals surface area contributed by atoms with Crippen LogP contribution in [0, 0.1) is 0 Å². The second kappa shape index (κ2) is 3.27. The molecular weight excluding hydrogens is 150 g/mol. The van der Waals surface area contributed by atoms with Crippen LogP contribution in [0.2, 0.25) is 0 Å². The Hall–Kier alpha value is -0.830. The zero-order chi connectivity index (χ0) is 9.19. The van der Waals surface area contributed by atoms with Gasteiger partial charge in [-0.05, 0) is 0 Å². The summed E-state index contributed by atoms with van der Waals surface area (Å²) < 4.78 is 2.11. The summed E-state index contributed by atoms with van der Waals surface area (Å²) in [5.74, 6) is 1.10. The molecular formula is C9H17N3. The number of rotatable bonds is 2. The van der Waals surface area contributed by atoms with Gasteiger partial charge >= 0.3 is 0 Å². The van der Waals surface area contributed by atoms with E-state index in [9.17, 15) is 0 Å². The number of nitrogens with two attached hydrogens (primary N) is 1. The highest BCUT2D eigenvalue weighted by Gasteiger charge is 2.18. The second-order valence-electron chi connectivity index (χ2n) is 3.98. The van der Waals surface area contributed by atoms with E-state index in [1.54, 1.807) is 0 Å². The van der Waals surface area contributed by atoms with Crippen LogP contribution < -0.4 is 5.73 Å². The molecule has 0 amide bonds. The molecule has 0 saturated heterocycles. The van der Waals surface area contributed by atoms with Crippen molar-refractivity contribution in [1.29, 1.82) is 0 Å². The van der Waals surface area contributed by atoms with Gasteiger partial charge in [0.1, 0.15) is 5.82 Å². The monoisotopic (exact) mass is 167 g/mol. The molecule has 0 aliphatic heterocycles. The molecule has 68 valence electrons. The van der Waals surface area contributed by atoms with Gasteiger partial charge in [0.15, 0.2) is 0 Å². The molecule has 0 aliphatic carbocycles. The molecule has 0 unspecified atom stereocenters. The molecule has 0 aliphatic rings. The third-order valence-corrected chi connectivity index (χ3v) is 1.76. The molecule has 1 aromatic rings. The summed E-state index contributed by atoms with van der Waals surface area (Å²) in [4.78, 5) is 4.31. The number of imidazole rings is 1. The van der Waals surface area contributed by atoms with E-state index in [1.165, 1.54) is 0 Å². The standard InChI is InChI=1S/C9H17N3/c1-9(2,3)8-11-5-7-12(8)6-4-10/h5,7H,4,6,10H2,1-3H3. The van der Waals surface area contributed by atoms with E-state index in [0.29, 0.717) is 6.54 Å². The Balaban J connectivity index is 2.91. The minimum Gasteiger partial charge on any atom is -0.333 e. The van der Waals surface area contributed by atoms with E-state index in [-0.39, 0.29) is 5.41 Å². The maximum Gasteiger partial charge on any atom is 0.114 e. The van der Waals surface area contributed by atoms with Crippen molar-refractivity contribution in [2.45, 2.75) is 32.7 Å². The first-order valence-corrected chi connectivity index (χ1v) is 4.27. The molecule has 0 saturated carbocycles. The highest BCUT2D eigenvalue weighted by atomic mass is 15.1. The van der Waals surface area contributed by atoms with Crippen LogP contribution in [-0.4, -0.2) is 16.1 Å². The predicted molar refractivity (Wildman–Crippen MR) is 50.0 cm³/mol. The van der Waals surface area contributed by atoms with E-state index >= 15 is 0 Å². The van der Waals surface area contributed by atoms with Crippen molar-refractivity contribution in [2.24, 2.45) is 5.73 Å². The fraction of sp³-hybridized carbons (Fsp3) is 0.667. The molecule has 3 nitrogen and oxygen atoms in total. The first-order valence-electron chi connectivity index (χ1n) is 4.27. The summed E-state index contributed by atoms with van der Waals surface area (Å²) in [6.07, 6.45) is 3.81. The maximum absolute atomic E-state index is 5.48. The third-order valence-electron chi connectivity index (χ3n) is 1.76. The van der Waals surface area contributed by atoms with E-state index < -0.39 is 0 Å². The minimum absolute atomic E-state index is 0.110. The third kappa shape index (κ3) is 1.85. The molecule has 3 heteroatoms. The van der Waals surface area contributed by atoms with Crippen LogP contribution in [0.5, 0.6) is 0 Å². The van der Waals surface area contributed by atoms with Gasteiger partial charge in [-0.25, -0.2) is 4.98 Å². The van der Waals surface area contributed by atoms with Crippen LogP contribution in [0.15, 0.2) is 12.4 Å². The lowest BCUT2D eigenvalue weighted by molar-refractivity contribution is 0.500. The van der Waals surface area contributed by atoms with Crippen molar-refractivity contribution < 1.29 is 0 Å². The Morgan fingerprint density at radius 3 is 2.67 bits per heavy atom. The Morgan fingerprint density at radius 1 is 1.50 bits per heavy atom. The van der Waals surface area contributed by atoms with Crippen LogP contribution in [-0.2, 0) is 12.0 Å². The quantitative estimate of drug-likeness (QED) is 0.717. The lowest BCUT2D eigenvalue weighted by atomic mass is 9.96. The second-order valence-corrected chi connectivity index (χ2v) is 3.98. The zero-order valence-corrected chi connectivity index (χ0v) is 8.04. The molecule has 0 fully saturated rings. The average molecular weight is 167 g/mol. The van der Waals surface area contributed by atoms with Crippen LogP contribution in [0.25, 0.3) is 0 Å². The molecule has 1 heterocycles. The van der Waals surface area contributed by atoms with Gasteiger partial charge in [0, 0.05) is 30.9 Å². The summed E-state index contributed by atoms with van der Waals surface area (Å²) >= 11 is 0. The van der Waals surface area contributed by atoms with Crippen molar-refractivity contribution in [1.82, 2.24) is 9.55 Å². The van der Waals surface area contributed by atoms with Gasteiger partial charge < -0.3 is 10.3 Å². The fourth-order valence-electron chi connectivity index (χ4n) is 1.27. The first-order chi connectivity index (χ1) is 5.55. The van der Waals surface area contributed by atoms with E-state index in [0.717, 1.165) is 12.4 Å².